The first-order valence-electron chi connectivity index (χ1n) is 12.8. The number of nitrogens with one attached hydrogen (secondary N) is 2. The maximum Gasteiger partial charge on any atom is 0.256 e. The molecule has 0 saturated carbocycles. The van der Waals surface area contributed by atoms with E-state index >= 15 is 0 Å². The molecular weight excluding hydrogens is 494 g/mol. The Morgan fingerprint density at radius 2 is 1.95 bits per heavy atom. The van der Waals surface area contributed by atoms with Gasteiger partial charge in [-0.15, -0.1) is 0 Å². The molecule has 0 spiro atoms. The minimum atomic E-state index is -0.441. The fraction of sp³-hybridized carbons (Fsp3) is 0.276. The molecular formula is C29H29N7O3. The summed E-state index contributed by atoms with van der Waals surface area (Å²) >= 11 is 0. The van der Waals surface area contributed by atoms with Crippen LogP contribution < -0.4 is 16.1 Å². The first kappa shape index (κ1) is 26.0. The fourth-order valence-electron chi connectivity index (χ4n) is 4.55. The number of benzene rings is 2. The number of anilines is 2. The van der Waals surface area contributed by atoms with Gasteiger partial charge in [0.2, 0.25) is 11.4 Å². The van der Waals surface area contributed by atoms with Gasteiger partial charge in [0.05, 0.1) is 30.2 Å². The third-order valence-electron chi connectivity index (χ3n) is 6.77. The molecule has 1 unspecified atom stereocenters. The Morgan fingerprint density at radius 3 is 2.67 bits per heavy atom. The number of nitriles is 1. The molecule has 3 heterocycles. The molecule has 2 aromatic heterocycles. The van der Waals surface area contributed by atoms with Crippen molar-refractivity contribution in [1.29, 1.82) is 5.26 Å². The van der Waals surface area contributed by atoms with Crippen molar-refractivity contribution in [3.05, 3.63) is 87.8 Å². The molecule has 2 aromatic carbocycles. The van der Waals surface area contributed by atoms with E-state index in [2.05, 4.69) is 31.6 Å². The van der Waals surface area contributed by atoms with Crippen molar-refractivity contribution in [3.63, 3.8) is 0 Å². The lowest BCUT2D eigenvalue weighted by Gasteiger charge is -2.32. The third-order valence-corrected chi connectivity index (χ3v) is 6.77. The summed E-state index contributed by atoms with van der Waals surface area (Å²) in [4.78, 5) is 38.0. The Bertz CT molecular complexity index is 1600. The number of aryl methyl sites for hydroxylation is 1. The summed E-state index contributed by atoms with van der Waals surface area (Å²) in [6.07, 6.45) is 2.99. The number of fused-ring (bicyclic) bond motifs is 1. The molecule has 1 saturated heterocycles. The number of morpholine rings is 1. The second-order valence-electron chi connectivity index (χ2n) is 9.53. The number of rotatable bonds is 7. The predicted octanol–water partition coefficient (Wildman–Crippen LogP) is 3.15. The quantitative estimate of drug-likeness (QED) is 0.379. The fourth-order valence-corrected chi connectivity index (χ4v) is 4.55. The molecule has 5 rings (SSSR count). The monoisotopic (exact) mass is 523 g/mol. The molecule has 198 valence electrons. The van der Waals surface area contributed by atoms with Crippen molar-refractivity contribution >= 4 is 28.6 Å². The van der Waals surface area contributed by atoms with Crippen LogP contribution in [0.25, 0.3) is 16.7 Å². The van der Waals surface area contributed by atoms with E-state index in [-0.39, 0.29) is 22.9 Å². The van der Waals surface area contributed by atoms with Crippen LogP contribution in [0, 0.1) is 18.3 Å². The number of hydrogen-bond donors (Lipinski definition) is 2. The van der Waals surface area contributed by atoms with Gasteiger partial charge in [-0.2, -0.15) is 10.2 Å². The zero-order valence-electron chi connectivity index (χ0n) is 21.8. The molecule has 2 N–H and O–H groups in total. The van der Waals surface area contributed by atoms with E-state index in [1.54, 1.807) is 35.0 Å². The van der Waals surface area contributed by atoms with Crippen molar-refractivity contribution in [2.75, 3.05) is 38.2 Å². The number of ether oxygens (including phenoxy) is 1. The summed E-state index contributed by atoms with van der Waals surface area (Å²) in [5.41, 5.74) is 2.98. The van der Waals surface area contributed by atoms with Crippen molar-refractivity contribution in [1.82, 2.24) is 24.8 Å². The summed E-state index contributed by atoms with van der Waals surface area (Å²) in [5.74, 6) is -0.159. The second kappa shape index (κ2) is 11.4. The van der Waals surface area contributed by atoms with Gasteiger partial charge in [0, 0.05) is 49.4 Å². The average Bonchev–Trinajstić information content (AvgIpc) is 2.97. The van der Waals surface area contributed by atoms with Gasteiger partial charge in [0.25, 0.3) is 5.91 Å². The van der Waals surface area contributed by atoms with E-state index in [4.69, 9.17) is 10.00 Å². The van der Waals surface area contributed by atoms with E-state index in [9.17, 15) is 9.59 Å². The topological polar surface area (TPSA) is 125 Å². The number of hydrogen-bond acceptors (Lipinski definition) is 8. The predicted molar refractivity (Wildman–Crippen MR) is 148 cm³/mol. The molecule has 10 nitrogen and oxygen atoms in total. The standard InChI is InChI=1S/C29H29N7O3/c1-19-4-3-5-23(14-19)36-18-25(28(38)31-16-20(2)35-10-12-39-13-11-35)26(37)24-17-32-29(34-27(24)36)33-22-8-6-21(15-30)7-9-22/h3-9,14,17-18,20H,10-13,16H2,1-2H3,(H,31,38)(H,32,33,34). The lowest BCUT2D eigenvalue weighted by Crippen LogP contribution is -2.47. The van der Waals surface area contributed by atoms with Gasteiger partial charge < -0.3 is 19.9 Å². The summed E-state index contributed by atoms with van der Waals surface area (Å²) in [6, 6.07) is 16.8. The first-order chi connectivity index (χ1) is 18.9. The lowest BCUT2D eigenvalue weighted by atomic mass is 10.1. The van der Waals surface area contributed by atoms with Gasteiger partial charge in [0.1, 0.15) is 5.56 Å². The van der Waals surface area contributed by atoms with Crippen molar-refractivity contribution in [3.8, 4) is 11.8 Å². The van der Waals surface area contributed by atoms with E-state index in [0.717, 1.165) is 24.3 Å². The van der Waals surface area contributed by atoms with Crippen molar-refractivity contribution < 1.29 is 9.53 Å². The van der Waals surface area contributed by atoms with E-state index in [1.807, 2.05) is 38.1 Å². The normalized spacial score (nSPS) is 14.5. The Morgan fingerprint density at radius 1 is 1.18 bits per heavy atom. The highest BCUT2D eigenvalue weighted by Gasteiger charge is 2.21. The number of aromatic nitrogens is 3. The number of pyridine rings is 1. The minimum Gasteiger partial charge on any atom is -0.379 e. The second-order valence-corrected chi connectivity index (χ2v) is 9.53. The molecule has 4 aromatic rings. The third kappa shape index (κ3) is 5.80. The van der Waals surface area contributed by atoms with Gasteiger partial charge in [-0.05, 0) is 55.8 Å². The van der Waals surface area contributed by atoms with Crippen LogP contribution in [-0.4, -0.2) is 64.2 Å². The molecule has 1 fully saturated rings. The van der Waals surface area contributed by atoms with E-state index in [0.29, 0.717) is 36.7 Å². The summed E-state index contributed by atoms with van der Waals surface area (Å²) in [7, 11) is 0. The van der Waals surface area contributed by atoms with Gasteiger partial charge >= 0.3 is 0 Å². The molecule has 0 bridgehead atoms. The van der Waals surface area contributed by atoms with Gasteiger partial charge in [-0.1, -0.05) is 12.1 Å². The zero-order valence-corrected chi connectivity index (χ0v) is 21.8. The molecule has 1 aliphatic heterocycles. The Hall–Kier alpha value is -4.59. The van der Waals surface area contributed by atoms with Crippen LogP contribution in [0.2, 0.25) is 0 Å². The molecule has 0 aliphatic carbocycles. The highest BCUT2D eigenvalue weighted by atomic mass is 16.5. The highest BCUT2D eigenvalue weighted by molar-refractivity contribution is 5.97. The number of amides is 1. The number of nitrogens with zero attached hydrogens (tertiary/aromatic N) is 5. The van der Waals surface area contributed by atoms with Gasteiger partial charge in [0.15, 0.2) is 5.65 Å². The highest BCUT2D eigenvalue weighted by Crippen LogP contribution is 2.20. The Labute approximate surface area is 225 Å². The largest absolute Gasteiger partial charge is 0.379 e. The molecule has 1 atom stereocenters. The van der Waals surface area contributed by atoms with Crippen LogP contribution in [0.3, 0.4) is 0 Å². The first-order valence-corrected chi connectivity index (χ1v) is 12.8. The van der Waals surface area contributed by atoms with Crippen LogP contribution in [0.15, 0.2) is 65.7 Å². The maximum absolute atomic E-state index is 13.5. The van der Waals surface area contributed by atoms with Crippen LogP contribution in [0.1, 0.15) is 28.4 Å². The van der Waals surface area contributed by atoms with E-state index < -0.39 is 11.3 Å². The molecule has 1 amide bonds. The van der Waals surface area contributed by atoms with E-state index in [1.165, 1.54) is 6.20 Å². The lowest BCUT2D eigenvalue weighted by molar-refractivity contribution is 0.0204. The SMILES string of the molecule is Cc1cccc(-n2cc(C(=O)NCC(C)N3CCOCC3)c(=O)c3cnc(Nc4ccc(C#N)cc4)nc32)c1. The van der Waals surface area contributed by atoms with Crippen LogP contribution in [0.5, 0.6) is 0 Å². The smallest absolute Gasteiger partial charge is 0.256 e. The summed E-state index contributed by atoms with van der Waals surface area (Å²) in [6.45, 7) is 7.39. The average molecular weight is 524 g/mol. The Balaban J connectivity index is 1.50. The number of carbonyl (C=O) groups is 1. The Kier molecular flexibility index (Phi) is 7.63. The van der Waals surface area contributed by atoms with Crippen LogP contribution in [0.4, 0.5) is 11.6 Å². The summed E-state index contributed by atoms with van der Waals surface area (Å²) < 4.78 is 7.16. The van der Waals surface area contributed by atoms with Gasteiger partial charge in [-0.3, -0.25) is 14.5 Å². The van der Waals surface area contributed by atoms with Crippen LogP contribution in [-0.2, 0) is 4.74 Å². The zero-order chi connectivity index (χ0) is 27.4. The van der Waals surface area contributed by atoms with Gasteiger partial charge in [-0.25, -0.2) is 4.98 Å². The molecule has 10 heteroatoms. The maximum atomic E-state index is 13.5. The summed E-state index contributed by atoms with van der Waals surface area (Å²) in [5, 5.41) is 15.3. The van der Waals surface area contributed by atoms with Crippen molar-refractivity contribution in [2.45, 2.75) is 19.9 Å². The minimum absolute atomic E-state index is 0.0228. The number of carbonyl (C=O) groups excluding carboxylic acids is 1. The molecule has 39 heavy (non-hydrogen) atoms. The van der Waals surface area contributed by atoms with Crippen molar-refractivity contribution in [2.24, 2.45) is 0 Å². The van der Waals surface area contributed by atoms with Crippen LogP contribution >= 0.6 is 0 Å². The molecule has 1 aliphatic rings. The molecule has 0 radical (unpaired) electrons.